The van der Waals surface area contributed by atoms with E-state index in [4.69, 9.17) is 0 Å². The molecule has 3 rings (SSSR count). The lowest BCUT2D eigenvalue weighted by atomic mass is 10.1. The maximum atomic E-state index is 3.16. The lowest BCUT2D eigenvalue weighted by molar-refractivity contribution is 0.231. The normalized spacial score (nSPS) is 26.7. The van der Waals surface area contributed by atoms with Crippen LogP contribution in [0.2, 0.25) is 0 Å². The highest BCUT2D eigenvalue weighted by atomic mass is 15.3. The van der Waals surface area contributed by atoms with Gasteiger partial charge < -0.3 is 4.90 Å². The molecule has 2 heterocycles. The van der Waals surface area contributed by atoms with Gasteiger partial charge in [-0.15, -0.1) is 0 Å². The molecule has 0 spiro atoms. The molecular weight excluding hydrogens is 184 g/mol. The fourth-order valence-electron chi connectivity index (χ4n) is 2.81. The van der Waals surface area contributed by atoms with Crippen LogP contribution < -0.4 is 4.90 Å². The van der Waals surface area contributed by atoms with Gasteiger partial charge in [-0.2, -0.15) is 0 Å². The Hall–Kier alpha value is -1.02. The van der Waals surface area contributed by atoms with Crippen LogP contribution in [0.15, 0.2) is 24.3 Å². The second-order valence-electron chi connectivity index (χ2n) is 4.54. The van der Waals surface area contributed by atoms with E-state index in [1.165, 1.54) is 44.7 Å². The molecule has 0 aliphatic carbocycles. The zero-order chi connectivity index (χ0) is 10.1. The number of rotatable bonds is 1. The van der Waals surface area contributed by atoms with Crippen molar-refractivity contribution in [2.24, 2.45) is 0 Å². The van der Waals surface area contributed by atoms with Gasteiger partial charge in [-0.3, -0.25) is 4.90 Å². The van der Waals surface area contributed by atoms with Crippen LogP contribution in [0.5, 0.6) is 0 Å². The molecule has 0 saturated carbocycles. The van der Waals surface area contributed by atoms with Gasteiger partial charge in [-0.1, -0.05) is 12.1 Å². The van der Waals surface area contributed by atoms with E-state index in [0.717, 1.165) is 6.04 Å². The molecule has 1 atom stereocenters. The Balaban J connectivity index is 1.74. The van der Waals surface area contributed by atoms with Crippen LogP contribution in [0.1, 0.15) is 12.8 Å². The Kier molecular flexibility index (Phi) is 2.37. The summed E-state index contributed by atoms with van der Waals surface area (Å²) in [6.45, 7) is 4.94. The van der Waals surface area contributed by atoms with Gasteiger partial charge in [-0.25, -0.2) is 0 Å². The summed E-state index contributed by atoms with van der Waals surface area (Å²) in [5.41, 5.74) is 1.34. The molecule has 2 heteroatoms. The van der Waals surface area contributed by atoms with Crippen LogP contribution in [0.3, 0.4) is 0 Å². The third-order valence-electron chi connectivity index (χ3n) is 3.64. The van der Waals surface area contributed by atoms with E-state index in [2.05, 4.69) is 34.1 Å². The van der Waals surface area contributed by atoms with Crippen molar-refractivity contribution in [3.63, 3.8) is 0 Å². The molecule has 0 N–H and O–H groups in total. The predicted molar refractivity (Wildman–Crippen MR) is 62.1 cm³/mol. The fourth-order valence-corrected chi connectivity index (χ4v) is 2.81. The number of anilines is 1. The first-order chi connectivity index (χ1) is 7.43. The fraction of sp³-hybridized carbons (Fsp3) is 0.538. The van der Waals surface area contributed by atoms with Crippen LogP contribution in [-0.4, -0.2) is 37.1 Å². The van der Waals surface area contributed by atoms with E-state index in [-0.39, 0.29) is 0 Å². The zero-order valence-electron chi connectivity index (χ0n) is 9.02. The number of hydrogen-bond donors (Lipinski definition) is 0. The predicted octanol–water partition coefficient (Wildman–Crippen LogP) is 1.77. The van der Waals surface area contributed by atoms with Crippen molar-refractivity contribution >= 4 is 5.69 Å². The van der Waals surface area contributed by atoms with Gasteiger partial charge in [0.05, 0.1) is 0 Å². The maximum absolute atomic E-state index is 3.16. The van der Waals surface area contributed by atoms with E-state index in [9.17, 15) is 0 Å². The van der Waals surface area contributed by atoms with Crippen LogP contribution in [-0.2, 0) is 0 Å². The van der Waals surface area contributed by atoms with E-state index in [1.807, 2.05) is 6.07 Å². The maximum Gasteiger partial charge on any atom is 0.0373 e. The van der Waals surface area contributed by atoms with Gasteiger partial charge in [0.1, 0.15) is 0 Å². The Morgan fingerprint density at radius 1 is 1.27 bits per heavy atom. The minimum atomic E-state index is 0.805. The summed E-state index contributed by atoms with van der Waals surface area (Å²) in [5.74, 6) is 0. The third kappa shape index (κ3) is 1.74. The van der Waals surface area contributed by atoms with Crippen molar-refractivity contribution < 1.29 is 0 Å². The SMILES string of the molecule is [c]1cccc(N2CCN3CCCC3C2)c1. The average molecular weight is 201 g/mol. The van der Waals surface area contributed by atoms with E-state index >= 15 is 0 Å². The van der Waals surface area contributed by atoms with E-state index in [0.29, 0.717) is 0 Å². The van der Waals surface area contributed by atoms with Gasteiger partial charge in [0.15, 0.2) is 0 Å². The van der Waals surface area contributed by atoms with Crippen LogP contribution >= 0.6 is 0 Å². The van der Waals surface area contributed by atoms with Crippen molar-refractivity contribution in [2.45, 2.75) is 18.9 Å². The molecule has 2 saturated heterocycles. The third-order valence-corrected chi connectivity index (χ3v) is 3.64. The second kappa shape index (κ2) is 3.86. The number of benzene rings is 1. The number of piperazine rings is 1. The molecule has 0 amide bonds. The number of nitrogens with zero attached hydrogens (tertiary/aromatic N) is 2. The average Bonchev–Trinajstić information content (AvgIpc) is 2.77. The van der Waals surface area contributed by atoms with Crippen molar-refractivity contribution in [3.8, 4) is 0 Å². The van der Waals surface area contributed by atoms with Crippen molar-refractivity contribution in [1.82, 2.24) is 4.90 Å². The highest BCUT2D eigenvalue weighted by molar-refractivity contribution is 5.46. The molecule has 2 nitrogen and oxygen atoms in total. The molecule has 15 heavy (non-hydrogen) atoms. The van der Waals surface area contributed by atoms with Gasteiger partial charge in [0, 0.05) is 31.4 Å². The Labute approximate surface area is 91.5 Å². The van der Waals surface area contributed by atoms with Gasteiger partial charge >= 0.3 is 0 Å². The summed E-state index contributed by atoms with van der Waals surface area (Å²) in [4.78, 5) is 5.14. The lowest BCUT2D eigenvalue weighted by Crippen LogP contribution is -2.50. The molecule has 2 aliphatic heterocycles. The summed E-state index contributed by atoms with van der Waals surface area (Å²) < 4.78 is 0. The highest BCUT2D eigenvalue weighted by Gasteiger charge is 2.30. The minimum absolute atomic E-state index is 0.805. The largest absolute Gasteiger partial charge is 0.369 e. The Morgan fingerprint density at radius 2 is 2.27 bits per heavy atom. The zero-order valence-corrected chi connectivity index (χ0v) is 9.02. The number of fused-ring (bicyclic) bond motifs is 1. The smallest absolute Gasteiger partial charge is 0.0373 e. The highest BCUT2D eigenvalue weighted by Crippen LogP contribution is 2.24. The second-order valence-corrected chi connectivity index (χ2v) is 4.54. The van der Waals surface area contributed by atoms with Crippen LogP contribution in [0.25, 0.3) is 0 Å². The first-order valence-corrected chi connectivity index (χ1v) is 5.88. The topological polar surface area (TPSA) is 6.48 Å². The minimum Gasteiger partial charge on any atom is -0.369 e. The van der Waals surface area contributed by atoms with Gasteiger partial charge in [0.25, 0.3) is 0 Å². The Bertz CT molecular complexity index is 323. The van der Waals surface area contributed by atoms with Crippen molar-refractivity contribution in [1.29, 1.82) is 0 Å². The molecule has 1 aromatic carbocycles. The molecule has 1 unspecified atom stereocenters. The van der Waals surface area contributed by atoms with Crippen molar-refractivity contribution in [2.75, 3.05) is 31.1 Å². The van der Waals surface area contributed by atoms with Crippen LogP contribution in [0, 0.1) is 6.07 Å². The van der Waals surface area contributed by atoms with E-state index < -0.39 is 0 Å². The summed E-state index contributed by atoms with van der Waals surface area (Å²) in [5, 5.41) is 0. The lowest BCUT2D eigenvalue weighted by Gasteiger charge is -2.38. The first-order valence-electron chi connectivity index (χ1n) is 5.88. The quantitative estimate of drug-likeness (QED) is 0.683. The summed E-state index contributed by atoms with van der Waals surface area (Å²) in [6, 6.07) is 12.3. The number of hydrogen-bond acceptors (Lipinski definition) is 2. The molecular formula is C13H17N2. The summed E-state index contributed by atoms with van der Waals surface area (Å²) in [7, 11) is 0. The monoisotopic (exact) mass is 201 g/mol. The van der Waals surface area contributed by atoms with Crippen molar-refractivity contribution in [3.05, 3.63) is 30.3 Å². The first kappa shape index (κ1) is 9.22. The molecule has 2 aliphatic rings. The molecule has 0 aromatic heterocycles. The van der Waals surface area contributed by atoms with Crippen LogP contribution in [0.4, 0.5) is 5.69 Å². The summed E-state index contributed by atoms with van der Waals surface area (Å²) in [6.07, 6.45) is 2.77. The standard InChI is InChI=1S/C13H17N2/c1-2-5-12(6-3-1)15-10-9-14-8-4-7-13(14)11-15/h1-2,5-6,13H,4,7-11H2. The van der Waals surface area contributed by atoms with Gasteiger partial charge in [0.2, 0.25) is 0 Å². The Morgan fingerprint density at radius 3 is 3.13 bits per heavy atom. The van der Waals surface area contributed by atoms with E-state index in [1.54, 1.807) is 0 Å². The molecule has 1 aromatic rings. The molecule has 0 bridgehead atoms. The molecule has 79 valence electrons. The summed E-state index contributed by atoms with van der Waals surface area (Å²) >= 11 is 0. The van der Waals surface area contributed by atoms with Gasteiger partial charge in [-0.05, 0) is 37.6 Å². The molecule has 2 fully saturated rings. The molecule has 1 radical (unpaired) electrons.